The number of hydrogen-bond acceptors (Lipinski definition) is 3. The van der Waals surface area contributed by atoms with Crippen molar-refractivity contribution in [3.8, 4) is 40.1 Å². The highest BCUT2D eigenvalue weighted by atomic mass is 16.5. The largest absolute Gasteiger partial charge is 0.494 e. The zero-order chi connectivity index (χ0) is 26.7. The van der Waals surface area contributed by atoms with Crippen LogP contribution in [0.15, 0.2) is 60.7 Å². The number of nitrogens with zero attached hydrogens (tertiary/aromatic N) is 2. The Morgan fingerprint density at radius 3 is 1.79 bits per heavy atom. The molecule has 1 saturated carbocycles. The molecule has 4 rings (SSSR count). The van der Waals surface area contributed by atoms with E-state index in [-0.39, 0.29) is 0 Å². The number of benzene rings is 3. The van der Waals surface area contributed by atoms with Crippen LogP contribution in [0.5, 0.6) is 5.75 Å². The Hall–Kier alpha value is -3.56. The molecule has 196 valence electrons. The number of rotatable bonds is 11. The number of nitriles is 2. The van der Waals surface area contributed by atoms with Gasteiger partial charge >= 0.3 is 0 Å². The lowest BCUT2D eigenvalue weighted by molar-refractivity contribution is 0.305. The van der Waals surface area contributed by atoms with Crippen LogP contribution in [0.25, 0.3) is 22.3 Å². The predicted molar refractivity (Wildman–Crippen MR) is 156 cm³/mol. The highest BCUT2D eigenvalue weighted by Crippen LogP contribution is 2.39. The average Bonchev–Trinajstić information content (AvgIpc) is 2.97. The highest BCUT2D eigenvalue weighted by Gasteiger charge is 2.22. The predicted octanol–water partition coefficient (Wildman–Crippen LogP) is 9.80. The van der Waals surface area contributed by atoms with Crippen molar-refractivity contribution in [3.05, 3.63) is 77.4 Å². The molecule has 0 amide bonds. The van der Waals surface area contributed by atoms with Crippen LogP contribution in [0.3, 0.4) is 0 Å². The van der Waals surface area contributed by atoms with Gasteiger partial charge in [-0.05, 0) is 72.8 Å². The zero-order valence-corrected chi connectivity index (χ0v) is 23.0. The topological polar surface area (TPSA) is 56.8 Å². The smallest absolute Gasteiger partial charge is 0.119 e. The maximum atomic E-state index is 10.1. The molecule has 3 aromatic carbocycles. The van der Waals surface area contributed by atoms with Crippen molar-refractivity contribution in [1.29, 1.82) is 10.5 Å². The van der Waals surface area contributed by atoms with Crippen molar-refractivity contribution in [2.45, 2.75) is 84.0 Å². The van der Waals surface area contributed by atoms with E-state index in [0.717, 1.165) is 46.9 Å². The van der Waals surface area contributed by atoms with Gasteiger partial charge in [0.1, 0.15) is 17.9 Å². The molecular formula is C35H40N2O. The van der Waals surface area contributed by atoms with Crippen LogP contribution < -0.4 is 4.74 Å². The Morgan fingerprint density at radius 2 is 1.26 bits per heavy atom. The number of hydrogen-bond donors (Lipinski definition) is 0. The van der Waals surface area contributed by atoms with Crippen molar-refractivity contribution < 1.29 is 4.74 Å². The summed E-state index contributed by atoms with van der Waals surface area (Å²) in [6.45, 7) is 5.20. The Morgan fingerprint density at radius 1 is 0.684 bits per heavy atom. The fourth-order valence-electron chi connectivity index (χ4n) is 5.89. The first-order chi connectivity index (χ1) is 18.7. The maximum Gasteiger partial charge on any atom is 0.119 e. The summed E-state index contributed by atoms with van der Waals surface area (Å²) in [6.07, 6.45) is 12.5. The van der Waals surface area contributed by atoms with Crippen molar-refractivity contribution in [2.75, 3.05) is 6.61 Å². The van der Waals surface area contributed by atoms with E-state index < -0.39 is 0 Å². The van der Waals surface area contributed by atoms with Gasteiger partial charge in [0.15, 0.2) is 0 Å². The second kappa shape index (κ2) is 13.8. The van der Waals surface area contributed by atoms with Gasteiger partial charge in [-0.2, -0.15) is 10.5 Å². The fraction of sp³-hybridized carbons (Fsp3) is 0.429. The monoisotopic (exact) mass is 504 g/mol. The number of unbranched alkanes of at least 4 members (excludes halogenated alkanes) is 3. The van der Waals surface area contributed by atoms with E-state index in [2.05, 4.69) is 50.3 Å². The van der Waals surface area contributed by atoms with Crippen LogP contribution in [0.4, 0.5) is 0 Å². The SMILES string of the molecule is CCCCCCOc1ccc(-c2ccc(-c3ccc([C@H]4CC[C@H](CCC)CC4)cc3)c(C#N)c2C#N)cc1. The van der Waals surface area contributed by atoms with E-state index in [1.54, 1.807) is 0 Å². The molecule has 1 fully saturated rings. The van der Waals surface area contributed by atoms with Gasteiger partial charge in [0.25, 0.3) is 0 Å². The van der Waals surface area contributed by atoms with Crippen molar-refractivity contribution in [3.63, 3.8) is 0 Å². The minimum Gasteiger partial charge on any atom is -0.494 e. The molecule has 3 aromatic rings. The standard InChI is InChI=1S/C35H40N2O/c1-3-5-6-7-23-38-31-19-17-30(18-20-31)33-22-21-32(34(24-36)35(33)25-37)29-15-13-28(14-16-29)27-11-9-26(8-4-2)10-12-27/h13-22,26-27H,3-12,23H2,1-2H3/t26-,27-. The molecule has 0 aromatic heterocycles. The summed E-state index contributed by atoms with van der Waals surface area (Å²) >= 11 is 0. The van der Waals surface area contributed by atoms with E-state index in [0.29, 0.717) is 17.0 Å². The second-order valence-electron chi connectivity index (χ2n) is 10.7. The molecule has 0 bridgehead atoms. The molecule has 0 heterocycles. The van der Waals surface area contributed by atoms with E-state index in [4.69, 9.17) is 4.74 Å². The van der Waals surface area contributed by atoms with E-state index in [1.807, 2.05) is 36.4 Å². The molecule has 0 unspecified atom stereocenters. The first-order valence-corrected chi connectivity index (χ1v) is 14.5. The minimum atomic E-state index is 0.427. The van der Waals surface area contributed by atoms with Gasteiger partial charge in [-0.15, -0.1) is 0 Å². The van der Waals surface area contributed by atoms with Crippen molar-refractivity contribution in [2.24, 2.45) is 5.92 Å². The van der Waals surface area contributed by atoms with Crippen LogP contribution in [-0.4, -0.2) is 6.61 Å². The lowest BCUT2D eigenvalue weighted by Crippen LogP contribution is -2.13. The molecule has 0 N–H and O–H groups in total. The van der Waals surface area contributed by atoms with Gasteiger partial charge in [0.2, 0.25) is 0 Å². The van der Waals surface area contributed by atoms with Gasteiger partial charge < -0.3 is 4.74 Å². The molecule has 1 aliphatic rings. The molecule has 0 atom stereocenters. The molecular weight excluding hydrogens is 464 g/mol. The third-order valence-electron chi connectivity index (χ3n) is 8.10. The first kappa shape index (κ1) is 27.5. The zero-order valence-electron chi connectivity index (χ0n) is 23.0. The summed E-state index contributed by atoms with van der Waals surface area (Å²) in [6, 6.07) is 25.1. The van der Waals surface area contributed by atoms with Gasteiger partial charge in [-0.3, -0.25) is 0 Å². The molecule has 3 nitrogen and oxygen atoms in total. The van der Waals surface area contributed by atoms with Crippen LogP contribution in [0, 0.1) is 28.6 Å². The summed E-state index contributed by atoms with van der Waals surface area (Å²) in [7, 11) is 0. The van der Waals surface area contributed by atoms with Gasteiger partial charge in [-0.25, -0.2) is 0 Å². The summed E-state index contributed by atoms with van der Waals surface area (Å²) in [5.74, 6) is 2.36. The van der Waals surface area contributed by atoms with Crippen molar-refractivity contribution in [1.82, 2.24) is 0 Å². The Kier molecular flexibility index (Phi) is 10.0. The van der Waals surface area contributed by atoms with E-state index >= 15 is 0 Å². The summed E-state index contributed by atoms with van der Waals surface area (Å²) in [4.78, 5) is 0. The molecule has 0 spiro atoms. The van der Waals surface area contributed by atoms with E-state index in [1.165, 1.54) is 63.4 Å². The van der Waals surface area contributed by atoms with Crippen LogP contribution in [0.1, 0.15) is 101 Å². The quantitative estimate of drug-likeness (QED) is 0.244. The summed E-state index contributed by atoms with van der Waals surface area (Å²) in [5, 5.41) is 20.1. The molecule has 1 aliphatic carbocycles. The van der Waals surface area contributed by atoms with E-state index in [9.17, 15) is 10.5 Å². The molecule has 0 aliphatic heterocycles. The summed E-state index contributed by atoms with van der Waals surface area (Å²) in [5.41, 5.74) is 5.76. The molecule has 0 saturated heterocycles. The molecule has 38 heavy (non-hydrogen) atoms. The Labute approximate surface area is 229 Å². The van der Waals surface area contributed by atoms with Gasteiger partial charge in [-0.1, -0.05) is 94.5 Å². The lowest BCUT2D eigenvalue weighted by atomic mass is 9.77. The van der Waals surface area contributed by atoms with Crippen LogP contribution in [0.2, 0.25) is 0 Å². The van der Waals surface area contributed by atoms with Crippen molar-refractivity contribution >= 4 is 0 Å². The maximum absolute atomic E-state index is 10.1. The first-order valence-electron chi connectivity index (χ1n) is 14.5. The third kappa shape index (κ3) is 6.65. The van der Waals surface area contributed by atoms with Gasteiger partial charge in [0.05, 0.1) is 17.7 Å². The fourth-order valence-corrected chi connectivity index (χ4v) is 5.89. The third-order valence-corrected chi connectivity index (χ3v) is 8.10. The second-order valence-corrected chi connectivity index (χ2v) is 10.7. The average molecular weight is 505 g/mol. The lowest BCUT2D eigenvalue weighted by Gasteiger charge is -2.28. The minimum absolute atomic E-state index is 0.427. The van der Waals surface area contributed by atoms with Gasteiger partial charge in [0, 0.05) is 11.1 Å². The summed E-state index contributed by atoms with van der Waals surface area (Å²) < 4.78 is 5.87. The van der Waals surface area contributed by atoms with Crippen LogP contribution in [-0.2, 0) is 0 Å². The normalized spacial score (nSPS) is 16.9. The molecule has 0 radical (unpaired) electrons. The van der Waals surface area contributed by atoms with Crippen LogP contribution >= 0.6 is 0 Å². The highest BCUT2D eigenvalue weighted by molar-refractivity contribution is 5.82. The Bertz CT molecular complexity index is 1250. The Balaban J connectivity index is 1.50. The number of ether oxygens (including phenoxy) is 1. The molecule has 3 heteroatoms.